The maximum Gasteiger partial charge on any atom is 0.268 e. The van der Waals surface area contributed by atoms with Gasteiger partial charge in [0, 0.05) is 35.8 Å². The minimum Gasteiger partial charge on any atom is -0.378 e. The van der Waals surface area contributed by atoms with Crippen molar-refractivity contribution >= 4 is 23.8 Å². The fourth-order valence-corrected chi connectivity index (χ4v) is 4.91. The van der Waals surface area contributed by atoms with Crippen LogP contribution in [-0.2, 0) is 16.0 Å². The van der Waals surface area contributed by atoms with Gasteiger partial charge in [0.25, 0.3) is 5.91 Å². The zero-order chi connectivity index (χ0) is 26.5. The first-order chi connectivity index (χ1) is 17.8. The van der Waals surface area contributed by atoms with Gasteiger partial charge in [-0.15, -0.1) is 0 Å². The van der Waals surface area contributed by atoms with Gasteiger partial charge >= 0.3 is 0 Å². The number of aryl methyl sites for hydroxylation is 1. The number of amides is 2. The molecule has 196 valence electrons. The van der Waals surface area contributed by atoms with Crippen molar-refractivity contribution in [1.82, 2.24) is 20.6 Å². The highest BCUT2D eigenvalue weighted by Crippen LogP contribution is 2.50. The van der Waals surface area contributed by atoms with E-state index in [2.05, 4.69) is 25.9 Å². The second-order valence-corrected chi connectivity index (χ2v) is 10.2. The van der Waals surface area contributed by atoms with E-state index in [4.69, 9.17) is 5.41 Å². The second-order valence-electron chi connectivity index (χ2n) is 10.2. The summed E-state index contributed by atoms with van der Waals surface area (Å²) in [6.07, 6.45) is 10.5. The summed E-state index contributed by atoms with van der Waals surface area (Å²) in [7, 11) is 0. The summed E-state index contributed by atoms with van der Waals surface area (Å²) in [6.45, 7) is 5.78. The molecular weight excluding hydrogens is 471 g/mol. The molecule has 4 N–H and O–H groups in total. The minimum atomic E-state index is -0.787. The largest absolute Gasteiger partial charge is 0.378 e. The highest BCUT2D eigenvalue weighted by atomic mass is 19.1. The van der Waals surface area contributed by atoms with Gasteiger partial charge in [0.2, 0.25) is 11.9 Å². The number of carbonyl (C=O) groups excluding carboxylic acids is 2. The molecule has 8 nitrogen and oxygen atoms in total. The quantitative estimate of drug-likeness (QED) is 0.195. The van der Waals surface area contributed by atoms with Crippen LogP contribution in [0.15, 0.2) is 42.4 Å². The zero-order valence-electron chi connectivity index (χ0n) is 21.6. The third kappa shape index (κ3) is 6.58. The van der Waals surface area contributed by atoms with Gasteiger partial charge in [0.05, 0.1) is 0 Å². The number of aromatic nitrogens is 2. The van der Waals surface area contributed by atoms with E-state index in [0.29, 0.717) is 23.0 Å². The maximum atomic E-state index is 15.1. The van der Waals surface area contributed by atoms with Crippen molar-refractivity contribution in [1.29, 1.82) is 5.41 Å². The van der Waals surface area contributed by atoms with Gasteiger partial charge in [-0.1, -0.05) is 6.92 Å². The van der Waals surface area contributed by atoms with Crippen molar-refractivity contribution in [2.45, 2.75) is 65.0 Å². The molecule has 0 radical (unpaired) electrons. The summed E-state index contributed by atoms with van der Waals surface area (Å²) >= 11 is 0. The van der Waals surface area contributed by atoms with E-state index in [1.807, 2.05) is 26.8 Å². The van der Waals surface area contributed by atoms with Crippen LogP contribution < -0.4 is 16.0 Å². The molecule has 0 saturated heterocycles. The predicted molar refractivity (Wildman–Crippen MR) is 141 cm³/mol. The fourth-order valence-electron chi connectivity index (χ4n) is 4.91. The number of hydrogen-bond donors (Lipinski definition) is 4. The molecule has 0 aliphatic heterocycles. The van der Waals surface area contributed by atoms with Crippen molar-refractivity contribution in [3.05, 3.63) is 53.9 Å². The van der Waals surface area contributed by atoms with Crippen LogP contribution in [0.4, 0.5) is 10.2 Å². The summed E-state index contributed by atoms with van der Waals surface area (Å²) in [4.78, 5) is 34.8. The lowest BCUT2D eigenvalue weighted by molar-refractivity contribution is -0.126. The first-order valence-corrected chi connectivity index (χ1v) is 13.0. The fraction of sp³-hybridized carbons (Fsp3) is 0.464. The Balaban J connectivity index is 1.56. The Morgan fingerprint density at radius 2 is 1.81 bits per heavy atom. The van der Waals surface area contributed by atoms with Gasteiger partial charge in [-0.3, -0.25) is 14.6 Å². The number of nitrogens with zero attached hydrogens (tertiary/aromatic N) is 2. The molecule has 2 heterocycles. The van der Waals surface area contributed by atoms with Gasteiger partial charge in [0.15, 0.2) is 0 Å². The van der Waals surface area contributed by atoms with E-state index < -0.39 is 23.8 Å². The Kier molecular flexibility index (Phi) is 8.31. The van der Waals surface area contributed by atoms with Gasteiger partial charge in [-0.05, 0) is 93.5 Å². The highest BCUT2D eigenvalue weighted by Gasteiger charge is 2.48. The molecule has 2 fully saturated rings. The van der Waals surface area contributed by atoms with Crippen LogP contribution in [0, 0.1) is 29.1 Å². The normalized spacial score (nSPS) is 16.4. The lowest BCUT2D eigenvalue weighted by Crippen LogP contribution is -2.51. The van der Waals surface area contributed by atoms with Crippen LogP contribution in [0.25, 0.3) is 11.1 Å². The molecule has 0 bridgehead atoms. The first kappa shape index (κ1) is 26.4. The Bertz CT molecular complexity index is 1180. The van der Waals surface area contributed by atoms with Gasteiger partial charge in [-0.2, -0.15) is 4.39 Å². The molecule has 37 heavy (non-hydrogen) atoms. The lowest BCUT2D eigenvalue weighted by atomic mass is 9.88. The number of nitrogens with one attached hydrogen (secondary N) is 4. The molecule has 9 heteroatoms. The van der Waals surface area contributed by atoms with E-state index in [1.54, 1.807) is 24.5 Å². The van der Waals surface area contributed by atoms with Crippen molar-refractivity contribution < 1.29 is 14.0 Å². The number of allylic oxidation sites excluding steroid dienone is 1. The molecule has 2 aromatic heterocycles. The number of carbonyl (C=O) groups is 2. The standard InChI is InChI=1S/C28H35FN6O2/c1-4-17-12-14-31-15-21(17)20-9-10-23(33-26(20)29)34-28(37)25(24(18-5-6-18)19-7-8-19)35-27(36)22(11-13-30)32-16(2)3/h9-16,18-19,24-25,30,32H,4-8H2,1-3H3,(H,35,36)(H,33,34,37)/b22-11-,30-13?. The summed E-state index contributed by atoms with van der Waals surface area (Å²) in [6, 6.07) is 4.21. The Morgan fingerprint density at radius 1 is 1.11 bits per heavy atom. The first-order valence-electron chi connectivity index (χ1n) is 13.0. The number of halogens is 1. The molecule has 2 aliphatic rings. The molecule has 1 atom stereocenters. The Hall–Kier alpha value is -3.62. The maximum absolute atomic E-state index is 15.1. The summed E-state index contributed by atoms with van der Waals surface area (Å²) in [5.74, 6) is -0.694. The van der Waals surface area contributed by atoms with Crippen molar-refractivity contribution in [3.8, 4) is 11.1 Å². The Labute approximate surface area is 217 Å². The van der Waals surface area contributed by atoms with E-state index in [9.17, 15) is 9.59 Å². The van der Waals surface area contributed by atoms with Crippen LogP contribution >= 0.6 is 0 Å². The number of pyridine rings is 2. The molecule has 2 aromatic rings. The molecule has 0 spiro atoms. The summed E-state index contributed by atoms with van der Waals surface area (Å²) < 4.78 is 15.1. The topological polar surface area (TPSA) is 120 Å². The number of hydrogen-bond acceptors (Lipinski definition) is 6. The van der Waals surface area contributed by atoms with Gasteiger partial charge < -0.3 is 21.4 Å². The lowest BCUT2D eigenvalue weighted by Gasteiger charge is -2.28. The molecular formula is C28H35FN6O2. The van der Waals surface area contributed by atoms with Crippen molar-refractivity contribution in [2.75, 3.05) is 5.32 Å². The van der Waals surface area contributed by atoms with E-state index in [-0.39, 0.29) is 23.5 Å². The van der Waals surface area contributed by atoms with Crippen molar-refractivity contribution in [2.24, 2.45) is 17.8 Å². The van der Waals surface area contributed by atoms with Gasteiger partial charge in [0.1, 0.15) is 17.6 Å². The number of rotatable bonds is 12. The van der Waals surface area contributed by atoms with Crippen LogP contribution in [0.3, 0.4) is 0 Å². The molecule has 4 rings (SSSR count). The van der Waals surface area contributed by atoms with Crippen LogP contribution in [-0.4, -0.2) is 40.1 Å². The number of anilines is 1. The highest BCUT2D eigenvalue weighted by molar-refractivity contribution is 6.02. The van der Waals surface area contributed by atoms with Crippen LogP contribution in [0.5, 0.6) is 0 Å². The second kappa shape index (κ2) is 11.6. The van der Waals surface area contributed by atoms with Crippen LogP contribution in [0.2, 0.25) is 0 Å². The third-order valence-electron chi connectivity index (χ3n) is 6.91. The summed E-state index contributed by atoms with van der Waals surface area (Å²) in [5.41, 5.74) is 2.17. The van der Waals surface area contributed by atoms with E-state index in [0.717, 1.165) is 43.9 Å². The SMILES string of the molecule is CCc1ccncc1-c1ccc(NC(=O)C(NC(=O)/C(=C/C=N)NC(C)C)C(C2CC2)C2CC2)nc1F. The molecule has 2 amide bonds. The van der Waals surface area contributed by atoms with Crippen molar-refractivity contribution in [3.63, 3.8) is 0 Å². The smallest absolute Gasteiger partial charge is 0.268 e. The molecule has 2 aliphatic carbocycles. The molecule has 2 saturated carbocycles. The molecule has 1 unspecified atom stereocenters. The predicted octanol–water partition coefficient (Wildman–Crippen LogP) is 4.24. The third-order valence-corrected chi connectivity index (χ3v) is 6.91. The van der Waals surface area contributed by atoms with Gasteiger partial charge in [-0.25, -0.2) is 4.98 Å². The summed E-state index contributed by atoms with van der Waals surface area (Å²) in [5, 5.41) is 16.1. The average molecular weight is 507 g/mol. The van der Waals surface area contributed by atoms with E-state index >= 15 is 4.39 Å². The zero-order valence-corrected chi connectivity index (χ0v) is 21.6. The van der Waals surface area contributed by atoms with E-state index in [1.165, 1.54) is 6.08 Å². The monoisotopic (exact) mass is 506 g/mol. The van der Waals surface area contributed by atoms with Crippen LogP contribution in [0.1, 0.15) is 52.0 Å². The molecule has 0 aromatic carbocycles. The Morgan fingerprint density at radius 3 is 2.38 bits per heavy atom. The average Bonchev–Trinajstić information content (AvgIpc) is 3.79. The minimum absolute atomic E-state index is 0.0101.